The van der Waals surface area contributed by atoms with E-state index < -0.39 is 5.97 Å². The summed E-state index contributed by atoms with van der Waals surface area (Å²) in [6, 6.07) is 11.9. The van der Waals surface area contributed by atoms with Crippen molar-refractivity contribution in [2.24, 2.45) is 0 Å². The summed E-state index contributed by atoms with van der Waals surface area (Å²) in [5, 5.41) is 6.67. The molecule has 0 fully saturated rings. The highest BCUT2D eigenvalue weighted by Gasteiger charge is 2.13. The Hall–Kier alpha value is -2.96. The van der Waals surface area contributed by atoms with E-state index in [1.807, 2.05) is 37.3 Å². The van der Waals surface area contributed by atoms with Gasteiger partial charge < -0.3 is 10.1 Å². The van der Waals surface area contributed by atoms with Crippen LogP contribution in [0.3, 0.4) is 0 Å². The highest BCUT2D eigenvalue weighted by atomic mass is 16.5. The smallest absolute Gasteiger partial charge is 0.359 e. The number of nitrogens with zero attached hydrogens (tertiary/aromatic N) is 2. The molecule has 0 unspecified atom stereocenters. The Morgan fingerprint density at radius 2 is 1.92 bits per heavy atom. The Kier molecular flexibility index (Phi) is 6.88. The minimum atomic E-state index is -0.743. The molecule has 0 bridgehead atoms. The van der Waals surface area contributed by atoms with Crippen LogP contribution < -0.4 is 10.9 Å². The summed E-state index contributed by atoms with van der Waals surface area (Å²) in [7, 11) is 0. The summed E-state index contributed by atoms with van der Waals surface area (Å²) in [5.41, 5.74) is 0.549. The fourth-order valence-corrected chi connectivity index (χ4v) is 2.09. The first-order valence-electron chi connectivity index (χ1n) is 8.16. The van der Waals surface area contributed by atoms with Gasteiger partial charge in [0.05, 0.1) is 6.54 Å². The summed E-state index contributed by atoms with van der Waals surface area (Å²) in [5.74, 6) is -1.10. The lowest BCUT2D eigenvalue weighted by molar-refractivity contribution is -0.124. The number of carbonyl (C=O) groups excluding carboxylic acids is 2. The summed E-state index contributed by atoms with van der Waals surface area (Å²) < 4.78 is 6.12. The van der Waals surface area contributed by atoms with E-state index in [0.29, 0.717) is 6.54 Å². The Balaban J connectivity index is 1.97. The van der Waals surface area contributed by atoms with E-state index in [9.17, 15) is 14.4 Å². The molecular formula is C18H21N3O4. The van der Waals surface area contributed by atoms with Crippen LogP contribution in [0.1, 0.15) is 35.8 Å². The molecule has 132 valence electrons. The molecule has 7 heteroatoms. The van der Waals surface area contributed by atoms with Crippen molar-refractivity contribution in [2.75, 3.05) is 13.2 Å². The molecule has 1 amide bonds. The number of benzene rings is 1. The van der Waals surface area contributed by atoms with Crippen LogP contribution in [0.4, 0.5) is 0 Å². The number of hydrogen-bond acceptors (Lipinski definition) is 5. The number of amides is 1. The molecule has 2 rings (SSSR count). The second kappa shape index (κ2) is 9.36. The minimum Gasteiger partial charge on any atom is -0.451 e. The van der Waals surface area contributed by atoms with Gasteiger partial charge in [-0.15, -0.1) is 0 Å². The molecule has 1 aromatic carbocycles. The number of hydrogen-bond donors (Lipinski definition) is 1. The molecule has 7 nitrogen and oxygen atoms in total. The first-order valence-corrected chi connectivity index (χ1v) is 8.16. The van der Waals surface area contributed by atoms with Crippen LogP contribution in [0, 0.1) is 0 Å². The molecule has 0 aliphatic heterocycles. The molecule has 0 aliphatic rings. The number of esters is 1. The van der Waals surface area contributed by atoms with Gasteiger partial charge in [-0.1, -0.05) is 43.7 Å². The van der Waals surface area contributed by atoms with Gasteiger partial charge >= 0.3 is 5.97 Å². The molecule has 0 spiro atoms. The van der Waals surface area contributed by atoms with Crippen LogP contribution >= 0.6 is 0 Å². The molecule has 1 aromatic heterocycles. The van der Waals surface area contributed by atoms with E-state index in [4.69, 9.17) is 4.74 Å². The molecule has 2 aromatic rings. The molecule has 0 radical (unpaired) electrons. The van der Waals surface area contributed by atoms with Crippen molar-refractivity contribution in [1.29, 1.82) is 0 Å². The van der Waals surface area contributed by atoms with Crippen LogP contribution in [-0.4, -0.2) is 34.8 Å². The average molecular weight is 343 g/mol. The van der Waals surface area contributed by atoms with Gasteiger partial charge in [-0.25, -0.2) is 9.48 Å². The van der Waals surface area contributed by atoms with Crippen LogP contribution in [0.15, 0.2) is 47.3 Å². The van der Waals surface area contributed by atoms with Gasteiger partial charge in [0.25, 0.3) is 11.5 Å². The van der Waals surface area contributed by atoms with Gasteiger partial charge in [-0.05, 0) is 18.1 Å². The molecule has 0 saturated heterocycles. The van der Waals surface area contributed by atoms with Crippen molar-refractivity contribution in [3.63, 3.8) is 0 Å². The molecule has 1 N–H and O–H groups in total. The zero-order chi connectivity index (χ0) is 18.1. The van der Waals surface area contributed by atoms with Crippen molar-refractivity contribution < 1.29 is 14.3 Å². The lowest BCUT2D eigenvalue weighted by Gasteiger charge is -2.08. The van der Waals surface area contributed by atoms with Gasteiger partial charge in [0, 0.05) is 12.6 Å². The van der Waals surface area contributed by atoms with Crippen LogP contribution in [-0.2, 0) is 16.1 Å². The Bertz CT molecular complexity index is 771. The van der Waals surface area contributed by atoms with Crippen molar-refractivity contribution in [3.05, 3.63) is 64.1 Å². The lowest BCUT2D eigenvalue weighted by Crippen LogP contribution is -2.30. The molecule has 25 heavy (non-hydrogen) atoms. The number of aromatic nitrogens is 2. The predicted molar refractivity (Wildman–Crippen MR) is 92.2 cm³/mol. The molecule has 0 aliphatic carbocycles. The number of nitrogens with one attached hydrogen (secondary N) is 1. The molecular weight excluding hydrogens is 322 g/mol. The van der Waals surface area contributed by atoms with Crippen molar-refractivity contribution in [2.45, 2.75) is 26.3 Å². The monoisotopic (exact) mass is 343 g/mol. The van der Waals surface area contributed by atoms with Crippen LogP contribution in [0.25, 0.3) is 0 Å². The molecule has 0 atom stereocenters. The van der Waals surface area contributed by atoms with Gasteiger partial charge in [-0.2, -0.15) is 5.10 Å². The quantitative estimate of drug-likeness (QED) is 0.577. The number of rotatable bonds is 8. The number of ether oxygens (including phenoxy) is 1. The summed E-state index contributed by atoms with van der Waals surface area (Å²) in [4.78, 5) is 35.5. The first kappa shape index (κ1) is 18.4. The summed E-state index contributed by atoms with van der Waals surface area (Å²) >= 11 is 0. The van der Waals surface area contributed by atoms with E-state index in [1.54, 1.807) is 0 Å². The Morgan fingerprint density at radius 3 is 2.64 bits per heavy atom. The highest BCUT2D eigenvalue weighted by Crippen LogP contribution is 2.01. The van der Waals surface area contributed by atoms with Gasteiger partial charge in [0.15, 0.2) is 12.3 Å². The maximum Gasteiger partial charge on any atom is 0.359 e. The fourth-order valence-electron chi connectivity index (χ4n) is 2.09. The van der Waals surface area contributed by atoms with Crippen molar-refractivity contribution >= 4 is 11.9 Å². The molecule has 0 saturated carbocycles. The molecule has 1 heterocycles. The second-order valence-corrected chi connectivity index (χ2v) is 5.48. The van der Waals surface area contributed by atoms with Crippen LogP contribution in [0.2, 0.25) is 0 Å². The van der Waals surface area contributed by atoms with E-state index in [1.165, 1.54) is 16.8 Å². The van der Waals surface area contributed by atoms with Crippen LogP contribution in [0.5, 0.6) is 0 Å². The van der Waals surface area contributed by atoms with Gasteiger partial charge in [-0.3, -0.25) is 9.59 Å². The number of unbranched alkanes of at least 4 members (excludes halogenated alkanes) is 1. The van der Waals surface area contributed by atoms with Gasteiger partial charge in [0.1, 0.15) is 0 Å². The topological polar surface area (TPSA) is 90.3 Å². The maximum atomic E-state index is 12.0. The van der Waals surface area contributed by atoms with Crippen molar-refractivity contribution in [3.8, 4) is 0 Å². The fraction of sp³-hybridized carbons (Fsp3) is 0.333. The van der Waals surface area contributed by atoms with E-state index in [0.717, 1.165) is 18.4 Å². The number of carbonyl (C=O) groups is 2. The SMILES string of the molecule is CCCCNC(=O)COC(=O)c1ccc(=O)n(Cc2ccccc2)n1. The van der Waals surface area contributed by atoms with E-state index in [2.05, 4.69) is 10.4 Å². The summed E-state index contributed by atoms with van der Waals surface area (Å²) in [6.45, 7) is 2.44. The van der Waals surface area contributed by atoms with E-state index in [-0.39, 0.29) is 30.3 Å². The third-order valence-electron chi connectivity index (χ3n) is 3.44. The largest absolute Gasteiger partial charge is 0.451 e. The van der Waals surface area contributed by atoms with Crippen molar-refractivity contribution in [1.82, 2.24) is 15.1 Å². The Morgan fingerprint density at radius 1 is 1.16 bits per heavy atom. The normalized spacial score (nSPS) is 10.3. The maximum absolute atomic E-state index is 12.0. The van der Waals surface area contributed by atoms with E-state index >= 15 is 0 Å². The summed E-state index contributed by atoms with van der Waals surface area (Å²) in [6.07, 6.45) is 1.83. The Labute approximate surface area is 145 Å². The first-order chi connectivity index (χ1) is 12.1. The minimum absolute atomic E-state index is 0.0168. The second-order valence-electron chi connectivity index (χ2n) is 5.48. The van der Waals surface area contributed by atoms with Gasteiger partial charge in [0.2, 0.25) is 0 Å². The zero-order valence-electron chi connectivity index (χ0n) is 14.1. The predicted octanol–water partition coefficient (Wildman–Crippen LogP) is 1.36. The third-order valence-corrected chi connectivity index (χ3v) is 3.44. The third kappa shape index (κ3) is 5.87. The average Bonchev–Trinajstić information content (AvgIpc) is 2.62. The zero-order valence-corrected chi connectivity index (χ0v) is 14.1. The lowest BCUT2D eigenvalue weighted by atomic mass is 10.2. The standard InChI is InChI=1S/C18H21N3O4/c1-2-3-11-19-16(22)13-25-18(24)15-9-10-17(23)21(20-15)12-14-7-5-4-6-8-14/h4-10H,2-3,11-13H2,1H3,(H,19,22). The highest BCUT2D eigenvalue weighted by molar-refractivity contribution is 5.89.